The Morgan fingerprint density at radius 2 is 1.73 bits per heavy atom. The second-order valence-corrected chi connectivity index (χ2v) is 4.30. The van der Waals surface area contributed by atoms with Crippen molar-refractivity contribution in [3.63, 3.8) is 0 Å². The summed E-state index contributed by atoms with van der Waals surface area (Å²) in [6.45, 7) is 0. The first-order chi connectivity index (χ1) is 6.81. The maximum absolute atomic E-state index is 9.62. The highest BCUT2D eigenvalue weighted by Gasteiger charge is 2.09. The smallest absolute Gasteiger partial charge is 0.321 e. The zero-order valence-corrected chi connectivity index (χ0v) is 9.07. The van der Waals surface area contributed by atoms with Gasteiger partial charge in [-0.3, -0.25) is 9.35 Å². The average Bonchev–Trinajstić information content (AvgIpc) is 2.01. The molecule has 0 radical (unpaired) electrons. The number of carbonyl (C=O) groups is 1. The van der Waals surface area contributed by atoms with Gasteiger partial charge in [0.25, 0.3) is 10.1 Å². The second kappa shape index (κ2) is 6.39. The fourth-order valence-corrected chi connectivity index (χ4v) is 1.03. The van der Waals surface area contributed by atoms with E-state index >= 15 is 0 Å². The van der Waals surface area contributed by atoms with Gasteiger partial charge in [-0.2, -0.15) is 8.42 Å². The molecule has 0 saturated heterocycles. The number of carboxylic acid groups (broad SMARTS) is 1. The Labute approximate surface area is 92.1 Å². The van der Waals surface area contributed by atoms with Gasteiger partial charge in [0.1, 0.15) is 0 Å². The van der Waals surface area contributed by atoms with Crippen molar-refractivity contribution in [2.75, 3.05) is 5.75 Å². The number of hydrogen-bond donors (Lipinski definition) is 2. The molecule has 0 aliphatic heterocycles. The summed E-state index contributed by atoms with van der Waals surface area (Å²) in [4.78, 5) is 9.48. The van der Waals surface area contributed by atoms with Gasteiger partial charge in [0.15, 0.2) is 5.75 Å². The number of halogens is 1. The van der Waals surface area contributed by atoms with Gasteiger partial charge in [-0.1, -0.05) is 29.8 Å². The molecule has 5 nitrogen and oxygen atoms in total. The number of benzene rings is 1. The predicted molar refractivity (Wildman–Crippen MR) is 55.5 cm³/mol. The summed E-state index contributed by atoms with van der Waals surface area (Å²) < 4.78 is 27.0. The van der Waals surface area contributed by atoms with E-state index in [2.05, 4.69) is 0 Å². The summed E-state index contributed by atoms with van der Waals surface area (Å²) in [7, 11) is -4.32. The summed E-state index contributed by atoms with van der Waals surface area (Å²) in [5.41, 5.74) is 0. The monoisotopic (exact) mass is 252 g/mol. The van der Waals surface area contributed by atoms with Crippen molar-refractivity contribution in [1.29, 1.82) is 0 Å². The Bertz CT molecular complexity index is 400. The molecule has 15 heavy (non-hydrogen) atoms. The molecule has 0 heterocycles. The number of aliphatic carboxylic acids is 1. The molecule has 0 aliphatic carbocycles. The van der Waals surface area contributed by atoms with Crippen molar-refractivity contribution in [2.24, 2.45) is 0 Å². The topological polar surface area (TPSA) is 91.7 Å². The van der Waals surface area contributed by atoms with E-state index in [1.54, 1.807) is 0 Å². The van der Waals surface area contributed by atoms with Crippen LogP contribution < -0.4 is 0 Å². The lowest BCUT2D eigenvalue weighted by Crippen LogP contribution is -2.13. The molecule has 0 atom stereocenters. The van der Waals surface area contributed by atoms with Crippen molar-refractivity contribution in [1.82, 2.24) is 0 Å². The van der Waals surface area contributed by atoms with Crippen LogP contribution in [0.3, 0.4) is 0 Å². The molecule has 1 rings (SSSR count). The molecule has 0 amide bonds. The third kappa shape index (κ3) is 10.8. The van der Waals surface area contributed by atoms with Crippen molar-refractivity contribution < 1.29 is 22.9 Å². The Kier molecular flexibility index (Phi) is 5.92. The van der Waals surface area contributed by atoms with Gasteiger partial charge >= 0.3 is 5.97 Å². The zero-order chi connectivity index (χ0) is 11.9. The Morgan fingerprint density at radius 3 is 1.87 bits per heavy atom. The molecule has 0 fully saturated rings. The Balaban J connectivity index is 0.000000262. The van der Waals surface area contributed by atoms with Gasteiger partial charge in [-0.25, -0.2) is 0 Å². The Morgan fingerprint density at radius 1 is 1.27 bits per heavy atom. The van der Waals surface area contributed by atoms with Crippen LogP contribution in [0.2, 0.25) is 5.02 Å². The predicted octanol–water partition coefficient (Wildman–Crippen LogP) is 1.30. The highest BCUT2D eigenvalue weighted by molar-refractivity contribution is 7.86. The van der Waals surface area contributed by atoms with E-state index < -0.39 is 21.8 Å². The molecule has 0 saturated carbocycles. The van der Waals surface area contributed by atoms with E-state index in [0.29, 0.717) is 0 Å². The molecule has 1 aromatic carbocycles. The van der Waals surface area contributed by atoms with Gasteiger partial charge in [0.05, 0.1) is 0 Å². The van der Waals surface area contributed by atoms with E-state index in [-0.39, 0.29) is 0 Å². The number of hydrogen-bond acceptors (Lipinski definition) is 3. The quantitative estimate of drug-likeness (QED) is 0.774. The molecule has 0 aromatic heterocycles. The minimum atomic E-state index is -4.32. The van der Waals surface area contributed by atoms with E-state index in [4.69, 9.17) is 21.3 Å². The lowest BCUT2D eigenvalue weighted by Gasteiger charge is -1.85. The van der Waals surface area contributed by atoms with Crippen LogP contribution in [0, 0.1) is 0 Å². The molecule has 0 aliphatic rings. The standard InChI is InChI=1S/C6H5Cl.C2H4O5S/c7-6-4-2-1-3-5-6;3-2(4)1-8(5,6)7/h1-5H;1H2,(H,3,4)(H,5,6,7). The molecule has 84 valence electrons. The number of rotatable bonds is 2. The van der Waals surface area contributed by atoms with Crippen LogP contribution in [0.15, 0.2) is 30.3 Å². The molecule has 0 bridgehead atoms. The van der Waals surface area contributed by atoms with Gasteiger partial charge in [-0.05, 0) is 12.1 Å². The van der Waals surface area contributed by atoms with Crippen molar-refractivity contribution in [3.05, 3.63) is 35.4 Å². The summed E-state index contributed by atoms with van der Waals surface area (Å²) >= 11 is 5.54. The van der Waals surface area contributed by atoms with Crippen LogP contribution in [-0.4, -0.2) is 29.8 Å². The lowest BCUT2D eigenvalue weighted by molar-refractivity contribution is -0.134. The normalized spacial score (nSPS) is 10.0. The summed E-state index contributed by atoms with van der Waals surface area (Å²) in [5.74, 6) is -2.79. The van der Waals surface area contributed by atoms with Crippen molar-refractivity contribution in [3.8, 4) is 0 Å². The summed E-state index contributed by atoms with van der Waals surface area (Å²) in [6, 6.07) is 9.44. The SMILES string of the molecule is Clc1ccccc1.O=C(O)CS(=O)(=O)O. The third-order valence-corrected chi connectivity index (χ3v) is 1.90. The molecule has 2 N–H and O–H groups in total. The van der Waals surface area contributed by atoms with Crippen LogP contribution in [-0.2, 0) is 14.9 Å². The molecule has 0 spiro atoms. The molecular formula is C8H9ClO5S. The van der Waals surface area contributed by atoms with Crippen LogP contribution >= 0.6 is 11.6 Å². The minimum absolute atomic E-state index is 0.794. The molecule has 1 aromatic rings. The van der Waals surface area contributed by atoms with Gasteiger partial charge in [0, 0.05) is 5.02 Å². The van der Waals surface area contributed by atoms with Crippen molar-refractivity contribution in [2.45, 2.75) is 0 Å². The van der Waals surface area contributed by atoms with Crippen molar-refractivity contribution >= 4 is 27.7 Å². The van der Waals surface area contributed by atoms with Crippen LogP contribution in [0.1, 0.15) is 0 Å². The fraction of sp³-hybridized carbons (Fsp3) is 0.125. The second-order valence-electron chi connectivity index (χ2n) is 2.42. The fourth-order valence-electron chi connectivity index (χ4n) is 0.571. The third-order valence-electron chi connectivity index (χ3n) is 1.04. The van der Waals surface area contributed by atoms with E-state index in [1.165, 1.54) is 0 Å². The van der Waals surface area contributed by atoms with Crippen LogP contribution in [0.4, 0.5) is 0 Å². The first-order valence-electron chi connectivity index (χ1n) is 3.69. The molecular weight excluding hydrogens is 244 g/mol. The largest absolute Gasteiger partial charge is 0.480 e. The summed E-state index contributed by atoms with van der Waals surface area (Å²) in [6.07, 6.45) is 0. The highest BCUT2D eigenvalue weighted by atomic mass is 35.5. The van der Waals surface area contributed by atoms with Gasteiger partial charge in [0.2, 0.25) is 0 Å². The molecule has 0 unspecified atom stereocenters. The van der Waals surface area contributed by atoms with E-state index in [1.807, 2.05) is 30.3 Å². The van der Waals surface area contributed by atoms with Gasteiger partial charge in [-0.15, -0.1) is 0 Å². The maximum Gasteiger partial charge on any atom is 0.321 e. The van der Waals surface area contributed by atoms with E-state index in [0.717, 1.165) is 5.02 Å². The zero-order valence-electron chi connectivity index (χ0n) is 7.50. The highest BCUT2D eigenvalue weighted by Crippen LogP contribution is 2.03. The number of carboxylic acids is 1. The van der Waals surface area contributed by atoms with Crippen LogP contribution in [0.25, 0.3) is 0 Å². The lowest BCUT2D eigenvalue weighted by atomic mass is 10.4. The summed E-state index contributed by atoms with van der Waals surface area (Å²) in [5, 5.41) is 8.50. The minimum Gasteiger partial charge on any atom is -0.480 e. The first kappa shape index (κ1) is 13.9. The molecule has 7 heteroatoms. The van der Waals surface area contributed by atoms with Crippen LogP contribution in [0.5, 0.6) is 0 Å². The van der Waals surface area contributed by atoms with E-state index in [9.17, 15) is 13.2 Å². The first-order valence-corrected chi connectivity index (χ1v) is 5.67. The van der Waals surface area contributed by atoms with Gasteiger partial charge < -0.3 is 5.11 Å². The maximum atomic E-state index is 9.62. The Hall–Kier alpha value is -1.11. The average molecular weight is 253 g/mol.